The standard InChI is InChI=1S/C28H39N3O3S/c1-18-9-8-10-22(19(18)2)29-25(33)17-31-26(16-24(32)28(3,4)5)35-23(27(31)34)15-20-11-13-21(14-12-20)30(6)7/h11-16,18-19,22H,8-10,17H2,1-7H3,(H,29,33). The van der Waals surface area contributed by atoms with E-state index in [1.54, 1.807) is 0 Å². The lowest BCUT2D eigenvalue weighted by molar-refractivity contribution is -0.123. The highest BCUT2D eigenvalue weighted by Gasteiger charge is 2.28. The number of nitrogens with zero attached hydrogens (tertiary/aromatic N) is 2. The third kappa shape index (κ3) is 6.72. The molecule has 1 saturated carbocycles. The van der Waals surface area contributed by atoms with Crippen molar-refractivity contribution in [3.8, 4) is 0 Å². The lowest BCUT2D eigenvalue weighted by Crippen LogP contribution is -2.46. The molecule has 1 N–H and O–H groups in total. The summed E-state index contributed by atoms with van der Waals surface area (Å²) in [6, 6.07) is 8.02. The van der Waals surface area contributed by atoms with Crippen molar-refractivity contribution in [1.29, 1.82) is 0 Å². The Morgan fingerprint density at radius 3 is 2.40 bits per heavy atom. The summed E-state index contributed by atoms with van der Waals surface area (Å²) >= 11 is 1.25. The minimum Gasteiger partial charge on any atom is -0.378 e. The van der Waals surface area contributed by atoms with Gasteiger partial charge in [-0.3, -0.25) is 19.0 Å². The second kappa shape index (κ2) is 10.9. The van der Waals surface area contributed by atoms with Crippen molar-refractivity contribution in [2.75, 3.05) is 19.0 Å². The number of amides is 1. The van der Waals surface area contributed by atoms with Gasteiger partial charge in [-0.25, -0.2) is 0 Å². The second-order valence-corrected chi connectivity index (χ2v) is 12.1. The number of aromatic nitrogens is 1. The first-order chi connectivity index (χ1) is 16.4. The fourth-order valence-electron chi connectivity index (χ4n) is 4.32. The van der Waals surface area contributed by atoms with Gasteiger partial charge in [-0.05, 0) is 42.0 Å². The second-order valence-electron chi connectivity index (χ2n) is 11.0. The van der Waals surface area contributed by atoms with Gasteiger partial charge in [0.2, 0.25) is 5.91 Å². The molecule has 1 aromatic carbocycles. The highest BCUT2D eigenvalue weighted by molar-refractivity contribution is 7.07. The summed E-state index contributed by atoms with van der Waals surface area (Å²) in [5.41, 5.74) is 1.13. The number of anilines is 1. The average molecular weight is 498 g/mol. The van der Waals surface area contributed by atoms with E-state index in [0.29, 0.717) is 21.0 Å². The molecule has 1 aliphatic rings. The number of hydrogen-bond donors (Lipinski definition) is 1. The largest absolute Gasteiger partial charge is 0.378 e. The number of ketones is 1. The molecule has 3 atom stereocenters. The highest BCUT2D eigenvalue weighted by atomic mass is 32.1. The Balaban J connectivity index is 1.98. The predicted molar refractivity (Wildman–Crippen MR) is 145 cm³/mol. The van der Waals surface area contributed by atoms with Gasteiger partial charge in [0.1, 0.15) is 11.2 Å². The first-order valence-corrected chi connectivity index (χ1v) is 13.2. The van der Waals surface area contributed by atoms with Gasteiger partial charge in [0.25, 0.3) is 5.56 Å². The van der Waals surface area contributed by atoms with Gasteiger partial charge in [0.15, 0.2) is 5.78 Å². The van der Waals surface area contributed by atoms with Crippen molar-refractivity contribution in [1.82, 2.24) is 9.88 Å². The smallest absolute Gasteiger partial charge is 0.269 e. The number of Topliss-reactive ketones (excluding diaryl/α,β-unsaturated/α-hetero) is 1. The number of benzene rings is 1. The molecule has 0 aliphatic heterocycles. The molecule has 1 heterocycles. The monoisotopic (exact) mass is 497 g/mol. The van der Waals surface area contributed by atoms with Crippen LogP contribution in [0.1, 0.15) is 59.4 Å². The van der Waals surface area contributed by atoms with Gasteiger partial charge < -0.3 is 10.2 Å². The van der Waals surface area contributed by atoms with Gasteiger partial charge in [0, 0.05) is 37.3 Å². The molecule has 3 unspecified atom stereocenters. The van der Waals surface area contributed by atoms with Crippen molar-refractivity contribution in [2.45, 2.75) is 66.5 Å². The van der Waals surface area contributed by atoms with Crippen LogP contribution in [-0.2, 0) is 16.1 Å². The number of carbonyl (C=O) groups is 2. The molecule has 0 radical (unpaired) electrons. The minimum atomic E-state index is -0.577. The van der Waals surface area contributed by atoms with Crippen molar-refractivity contribution >= 4 is 40.9 Å². The average Bonchev–Trinajstić information content (AvgIpc) is 3.05. The number of hydrogen-bond acceptors (Lipinski definition) is 5. The maximum absolute atomic E-state index is 13.4. The Morgan fingerprint density at radius 2 is 1.80 bits per heavy atom. The molecular weight excluding hydrogens is 458 g/mol. The molecule has 190 valence electrons. The van der Waals surface area contributed by atoms with Crippen molar-refractivity contribution in [3.63, 3.8) is 0 Å². The van der Waals surface area contributed by atoms with Crippen molar-refractivity contribution < 1.29 is 9.59 Å². The van der Waals surface area contributed by atoms with E-state index in [0.717, 1.165) is 24.1 Å². The Labute approximate surface area is 212 Å². The molecule has 6 nitrogen and oxygen atoms in total. The lowest BCUT2D eigenvalue weighted by atomic mass is 9.78. The van der Waals surface area contributed by atoms with Crippen LogP contribution >= 0.6 is 11.3 Å². The van der Waals surface area contributed by atoms with E-state index in [1.165, 1.54) is 28.4 Å². The summed E-state index contributed by atoms with van der Waals surface area (Å²) in [7, 11) is 3.95. The maximum Gasteiger partial charge on any atom is 0.269 e. The van der Waals surface area contributed by atoms with E-state index in [1.807, 2.05) is 70.1 Å². The van der Waals surface area contributed by atoms with Gasteiger partial charge in [-0.2, -0.15) is 0 Å². The third-order valence-electron chi connectivity index (χ3n) is 6.99. The van der Waals surface area contributed by atoms with Crippen molar-refractivity contribution in [3.05, 3.63) is 49.4 Å². The number of nitrogens with one attached hydrogen (secondary N) is 1. The van der Waals surface area contributed by atoms with Crippen LogP contribution in [0.15, 0.2) is 29.1 Å². The first kappa shape index (κ1) is 26.9. The van der Waals surface area contributed by atoms with Crippen LogP contribution in [0, 0.1) is 17.3 Å². The van der Waals surface area contributed by atoms with Gasteiger partial charge in [0.05, 0.1) is 4.53 Å². The molecule has 0 spiro atoms. The van der Waals surface area contributed by atoms with Crippen molar-refractivity contribution in [2.24, 2.45) is 17.3 Å². The summed E-state index contributed by atoms with van der Waals surface area (Å²) in [5.74, 6) is 0.695. The molecule has 35 heavy (non-hydrogen) atoms. The van der Waals surface area contributed by atoms with Crippen LogP contribution in [0.2, 0.25) is 0 Å². The van der Waals surface area contributed by atoms with E-state index < -0.39 is 5.41 Å². The number of rotatable bonds is 6. The zero-order chi connectivity index (χ0) is 25.9. The Morgan fingerprint density at radius 1 is 1.14 bits per heavy atom. The van der Waals surface area contributed by atoms with E-state index in [4.69, 9.17) is 0 Å². The summed E-state index contributed by atoms with van der Waals surface area (Å²) in [6.07, 6.45) is 6.57. The predicted octanol–water partition coefficient (Wildman–Crippen LogP) is 3.14. The minimum absolute atomic E-state index is 0.0791. The van der Waals surface area contributed by atoms with Crippen LogP contribution in [0.3, 0.4) is 0 Å². The normalized spacial score (nSPS) is 21.7. The van der Waals surface area contributed by atoms with Crippen LogP contribution in [0.25, 0.3) is 12.2 Å². The van der Waals surface area contributed by atoms with Crippen LogP contribution in [-0.4, -0.2) is 36.4 Å². The van der Waals surface area contributed by atoms with Crippen LogP contribution in [0.4, 0.5) is 5.69 Å². The Bertz CT molecular complexity index is 1230. The summed E-state index contributed by atoms with van der Waals surface area (Å²) in [5, 5.41) is 3.15. The maximum atomic E-state index is 13.4. The molecule has 2 aromatic rings. The molecule has 0 saturated heterocycles. The molecule has 1 amide bonds. The van der Waals surface area contributed by atoms with E-state index in [2.05, 4.69) is 19.2 Å². The number of thiazole rings is 1. The molecule has 1 fully saturated rings. The lowest BCUT2D eigenvalue weighted by Gasteiger charge is -2.34. The first-order valence-electron chi connectivity index (χ1n) is 12.4. The molecule has 3 rings (SSSR count). The summed E-state index contributed by atoms with van der Waals surface area (Å²) in [4.78, 5) is 41.2. The fourth-order valence-corrected chi connectivity index (χ4v) is 5.36. The zero-order valence-corrected chi connectivity index (χ0v) is 22.9. The van der Waals surface area contributed by atoms with Gasteiger partial charge in [-0.15, -0.1) is 11.3 Å². The van der Waals surface area contributed by atoms with E-state index >= 15 is 0 Å². The summed E-state index contributed by atoms with van der Waals surface area (Å²) in [6.45, 7) is 9.86. The third-order valence-corrected chi connectivity index (χ3v) is 8.05. The van der Waals surface area contributed by atoms with Crippen LogP contribution < -0.4 is 25.0 Å². The van der Waals surface area contributed by atoms with Crippen LogP contribution in [0.5, 0.6) is 0 Å². The van der Waals surface area contributed by atoms with Gasteiger partial charge in [-0.1, -0.05) is 59.6 Å². The Hall–Kier alpha value is -2.67. The molecule has 7 heteroatoms. The molecule has 0 bridgehead atoms. The quantitative estimate of drug-likeness (QED) is 0.666. The summed E-state index contributed by atoms with van der Waals surface area (Å²) < 4.78 is 2.45. The van der Waals surface area contributed by atoms with E-state index in [-0.39, 0.29) is 29.8 Å². The Kier molecular flexibility index (Phi) is 8.42. The number of carbonyl (C=O) groups excluding carboxylic acids is 2. The zero-order valence-electron chi connectivity index (χ0n) is 22.1. The van der Waals surface area contributed by atoms with Gasteiger partial charge >= 0.3 is 0 Å². The van der Waals surface area contributed by atoms with E-state index in [9.17, 15) is 14.4 Å². The fraction of sp³-hybridized carbons (Fsp3) is 0.536. The molecular formula is C28H39N3O3S. The topological polar surface area (TPSA) is 71.4 Å². The highest BCUT2D eigenvalue weighted by Crippen LogP contribution is 2.29. The molecule has 1 aliphatic carbocycles. The SMILES string of the molecule is CC1CCCC(NC(=O)Cn2c(=CC(=O)C(C)(C)C)sc(=Cc3ccc(N(C)C)cc3)c2=O)C1C. The molecule has 1 aromatic heterocycles.